The van der Waals surface area contributed by atoms with E-state index in [2.05, 4.69) is 0 Å². The van der Waals surface area contributed by atoms with Gasteiger partial charge in [0.2, 0.25) is 10.0 Å². The second-order valence-electron chi connectivity index (χ2n) is 4.31. The molecule has 0 aliphatic rings. The Balaban J connectivity index is 2.81. The summed E-state index contributed by atoms with van der Waals surface area (Å²) in [7, 11) is -3.97. The number of nitrogens with two attached hydrogens (primary N) is 1. The Morgan fingerprint density at radius 3 is 2.10 bits per heavy atom. The predicted molar refractivity (Wildman–Crippen MR) is 79.8 cm³/mol. The van der Waals surface area contributed by atoms with Crippen LogP contribution in [0.3, 0.4) is 0 Å². The van der Waals surface area contributed by atoms with Crippen LogP contribution in [0.2, 0.25) is 10.0 Å². The zero-order valence-corrected chi connectivity index (χ0v) is 13.0. The first kappa shape index (κ1) is 15.8. The Bertz CT molecular complexity index is 868. The van der Waals surface area contributed by atoms with Gasteiger partial charge in [0.25, 0.3) is 5.56 Å². The Labute approximate surface area is 130 Å². The minimum absolute atomic E-state index is 0.0533. The molecule has 21 heavy (non-hydrogen) atoms. The van der Waals surface area contributed by atoms with E-state index in [0.717, 1.165) is 22.8 Å². The SMILES string of the molecule is Cc1cc(O)cc(=O)n1-c1c(Cl)cc(S(N)(=O)=O)cc1Cl. The third-order valence-corrected chi connectivity index (χ3v) is 4.21. The number of hydrogen-bond donors (Lipinski definition) is 2. The first-order chi connectivity index (χ1) is 9.61. The molecule has 0 bridgehead atoms. The van der Waals surface area contributed by atoms with Gasteiger partial charge in [0.05, 0.1) is 20.6 Å². The molecule has 2 rings (SSSR count). The largest absolute Gasteiger partial charge is 0.508 e. The molecule has 0 unspecified atom stereocenters. The Kier molecular flexibility index (Phi) is 4.03. The maximum atomic E-state index is 12.0. The molecule has 0 radical (unpaired) electrons. The zero-order valence-electron chi connectivity index (χ0n) is 10.7. The van der Waals surface area contributed by atoms with Crippen molar-refractivity contribution in [2.75, 3.05) is 0 Å². The summed E-state index contributed by atoms with van der Waals surface area (Å²) in [6, 6.07) is 4.56. The van der Waals surface area contributed by atoms with E-state index in [1.165, 1.54) is 6.07 Å². The average Bonchev–Trinajstić information content (AvgIpc) is 2.29. The van der Waals surface area contributed by atoms with E-state index in [-0.39, 0.29) is 26.4 Å². The van der Waals surface area contributed by atoms with Crippen LogP contribution in [0.15, 0.2) is 34.0 Å². The predicted octanol–water partition coefficient (Wildman–Crippen LogP) is 1.81. The first-order valence-electron chi connectivity index (χ1n) is 5.56. The topological polar surface area (TPSA) is 102 Å². The number of benzene rings is 1. The number of aryl methyl sites for hydroxylation is 1. The van der Waals surface area contributed by atoms with E-state index in [4.69, 9.17) is 28.3 Å². The van der Waals surface area contributed by atoms with Gasteiger partial charge < -0.3 is 5.11 Å². The number of sulfonamides is 1. The van der Waals surface area contributed by atoms with E-state index in [0.29, 0.717) is 5.69 Å². The van der Waals surface area contributed by atoms with E-state index >= 15 is 0 Å². The molecule has 0 saturated carbocycles. The van der Waals surface area contributed by atoms with Crippen molar-refractivity contribution in [3.8, 4) is 11.4 Å². The fourth-order valence-electron chi connectivity index (χ4n) is 1.89. The molecule has 0 amide bonds. The van der Waals surface area contributed by atoms with Crippen molar-refractivity contribution in [3.63, 3.8) is 0 Å². The fraction of sp³-hybridized carbons (Fsp3) is 0.0833. The highest BCUT2D eigenvalue weighted by molar-refractivity contribution is 7.89. The molecule has 1 aromatic heterocycles. The molecule has 0 atom stereocenters. The third kappa shape index (κ3) is 3.06. The third-order valence-electron chi connectivity index (χ3n) is 2.74. The van der Waals surface area contributed by atoms with Gasteiger partial charge in [-0.15, -0.1) is 0 Å². The summed E-state index contributed by atoms with van der Waals surface area (Å²) < 4.78 is 23.8. The molecule has 0 aliphatic heterocycles. The molecule has 1 aromatic carbocycles. The summed E-state index contributed by atoms with van der Waals surface area (Å²) in [5.74, 6) is -0.192. The first-order valence-corrected chi connectivity index (χ1v) is 7.86. The molecule has 0 spiro atoms. The number of aromatic hydroxyl groups is 1. The molecule has 0 aliphatic carbocycles. The summed E-state index contributed by atoms with van der Waals surface area (Å²) in [5, 5.41) is 14.3. The molecule has 9 heteroatoms. The van der Waals surface area contributed by atoms with Gasteiger partial charge in [-0.3, -0.25) is 9.36 Å². The zero-order chi connectivity index (χ0) is 15.9. The van der Waals surface area contributed by atoms with Crippen LogP contribution < -0.4 is 10.7 Å². The second kappa shape index (κ2) is 5.34. The van der Waals surface area contributed by atoms with E-state index in [9.17, 15) is 18.3 Å². The Morgan fingerprint density at radius 1 is 1.14 bits per heavy atom. The minimum atomic E-state index is -3.97. The fourth-order valence-corrected chi connectivity index (χ4v) is 3.24. The number of halogens is 2. The summed E-state index contributed by atoms with van der Waals surface area (Å²) in [5.41, 5.74) is -0.0555. The number of nitrogens with zero attached hydrogens (tertiary/aromatic N) is 1. The number of aromatic nitrogens is 1. The van der Waals surface area contributed by atoms with E-state index in [1.807, 2.05) is 0 Å². The van der Waals surface area contributed by atoms with Crippen LogP contribution >= 0.6 is 23.2 Å². The standard InChI is InChI=1S/C12H10Cl2N2O4S/c1-6-2-7(17)3-11(18)16(6)12-9(13)4-8(5-10(12)14)21(15,19)20/h2-5,17H,1H3,(H2,15,19,20). The minimum Gasteiger partial charge on any atom is -0.508 e. The maximum Gasteiger partial charge on any atom is 0.259 e. The van der Waals surface area contributed by atoms with Crippen molar-refractivity contribution < 1.29 is 13.5 Å². The summed E-state index contributed by atoms with van der Waals surface area (Å²) in [6.07, 6.45) is 0. The average molecular weight is 349 g/mol. The summed E-state index contributed by atoms with van der Waals surface area (Å²) in [6.45, 7) is 1.57. The highest BCUT2D eigenvalue weighted by Gasteiger charge is 2.18. The van der Waals surface area contributed by atoms with Gasteiger partial charge in [-0.2, -0.15) is 0 Å². The molecule has 1 heterocycles. The Hall–Kier alpha value is -1.54. The van der Waals surface area contributed by atoms with Gasteiger partial charge in [-0.1, -0.05) is 23.2 Å². The molecular weight excluding hydrogens is 339 g/mol. The van der Waals surface area contributed by atoms with Crippen LogP contribution in [0, 0.1) is 6.92 Å². The van der Waals surface area contributed by atoms with E-state index in [1.54, 1.807) is 6.92 Å². The molecule has 3 N–H and O–H groups in total. The van der Waals surface area contributed by atoms with Crippen LogP contribution in [0.4, 0.5) is 0 Å². The lowest BCUT2D eigenvalue weighted by Gasteiger charge is -2.14. The quantitative estimate of drug-likeness (QED) is 0.863. The second-order valence-corrected chi connectivity index (χ2v) is 6.68. The summed E-state index contributed by atoms with van der Waals surface area (Å²) >= 11 is 12.1. The van der Waals surface area contributed by atoms with Crippen molar-refractivity contribution in [2.45, 2.75) is 11.8 Å². The molecule has 6 nitrogen and oxygen atoms in total. The van der Waals surface area contributed by atoms with Crippen molar-refractivity contribution in [1.29, 1.82) is 0 Å². The van der Waals surface area contributed by atoms with Crippen molar-refractivity contribution >= 4 is 33.2 Å². The van der Waals surface area contributed by atoms with Crippen molar-refractivity contribution in [2.24, 2.45) is 5.14 Å². The lowest BCUT2D eigenvalue weighted by molar-refractivity contribution is 0.472. The normalized spacial score (nSPS) is 11.6. The van der Waals surface area contributed by atoms with Crippen LogP contribution in [-0.2, 0) is 10.0 Å². The highest BCUT2D eigenvalue weighted by atomic mass is 35.5. The number of hydrogen-bond acceptors (Lipinski definition) is 4. The number of pyridine rings is 1. The van der Waals surface area contributed by atoms with Gasteiger partial charge >= 0.3 is 0 Å². The van der Waals surface area contributed by atoms with Gasteiger partial charge in [0.15, 0.2) is 0 Å². The molecular formula is C12H10Cl2N2O4S. The lowest BCUT2D eigenvalue weighted by atomic mass is 10.2. The molecule has 0 saturated heterocycles. The smallest absolute Gasteiger partial charge is 0.259 e. The molecule has 0 fully saturated rings. The van der Waals surface area contributed by atoms with Gasteiger partial charge in [0, 0.05) is 11.8 Å². The maximum absolute atomic E-state index is 12.0. The van der Waals surface area contributed by atoms with Crippen molar-refractivity contribution in [1.82, 2.24) is 4.57 Å². The van der Waals surface area contributed by atoms with Crippen molar-refractivity contribution in [3.05, 3.63) is 50.4 Å². The van der Waals surface area contributed by atoms with Gasteiger partial charge in [-0.25, -0.2) is 13.6 Å². The van der Waals surface area contributed by atoms with E-state index < -0.39 is 15.6 Å². The van der Waals surface area contributed by atoms with Gasteiger partial charge in [0.1, 0.15) is 5.75 Å². The lowest BCUT2D eigenvalue weighted by Crippen LogP contribution is -2.20. The highest BCUT2D eigenvalue weighted by Crippen LogP contribution is 2.31. The van der Waals surface area contributed by atoms with Crippen LogP contribution in [0.25, 0.3) is 5.69 Å². The number of rotatable bonds is 2. The Morgan fingerprint density at radius 2 is 1.67 bits per heavy atom. The molecule has 2 aromatic rings. The van der Waals surface area contributed by atoms with Crippen LogP contribution in [-0.4, -0.2) is 18.1 Å². The van der Waals surface area contributed by atoms with Crippen LogP contribution in [0.5, 0.6) is 5.75 Å². The van der Waals surface area contributed by atoms with Crippen LogP contribution in [0.1, 0.15) is 5.69 Å². The molecule has 112 valence electrons. The van der Waals surface area contributed by atoms with Gasteiger partial charge in [-0.05, 0) is 25.1 Å². The summed E-state index contributed by atoms with van der Waals surface area (Å²) in [4.78, 5) is 11.7. The number of primary sulfonamides is 1. The monoisotopic (exact) mass is 348 g/mol.